The molecule has 0 radical (unpaired) electrons. The fourth-order valence-corrected chi connectivity index (χ4v) is 2.33. The molecule has 0 saturated carbocycles. The van der Waals surface area contributed by atoms with Crippen LogP contribution in [0.2, 0.25) is 0 Å². The van der Waals surface area contributed by atoms with Crippen LogP contribution in [0.15, 0.2) is 24.3 Å². The summed E-state index contributed by atoms with van der Waals surface area (Å²) in [7, 11) is 0. The van der Waals surface area contributed by atoms with Crippen molar-refractivity contribution in [1.29, 1.82) is 0 Å². The van der Waals surface area contributed by atoms with Crippen LogP contribution in [0.5, 0.6) is 0 Å². The molecular weight excluding hydrogens is 208 g/mol. The molecule has 1 heterocycles. The quantitative estimate of drug-likeness (QED) is 0.758. The van der Waals surface area contributed by atoms with Gasteiger partial charge < -0.3 is 10.4 Å². The second kappa shape index (κ2) is 5.21. The zero-order valence-corrected chi connectivity index (χ0v) is 9.26. The van der Waals surface area contributed by atoms with Gasteiger partial charge in [0.2, 0.25) is 0 Å². The number of aliphatic hydroxyl groups is 1. The normalized spacial score (nSPS) is 11.0. The van der Waals surface area contributed by atoms with Crippen molar-refractivity contribution in [3.63, 3.8) is 0 Å². The summed E-state index contributed by atoms with van der Waals surface area (Å²) in [6.45, 7) is 1.87. The van der Waals surface area contributed by atoms with Gasteiger partial charge in [0, 0.05) is 13.2 Å². The smallest absolute Gasteiger partial charge is 0.108 e. The van der Waals surface area contributed by atoms with Crippen LogP contribution in [0.25, 0.3) is 10.2 Å². The molecule has 2 rings (SSSR count). The molecule has 0 aliphatic heterocycles. The Morgan fingerprint density at radius 3 is 3.00 bits per heavy atom. The van der Waals surface area contributed by atoms with Crippen molar-refractivity contribution >= 4 is 21.6 Å². The van der Waals surface area contributed by atoms with Crippen LogP contribution in [0.3, 0.4) is 0 Å². The van der Waals surface area contributed by atoms with Gasteiger partial charge in [-0.25, -0.2) is 4.98 Å². The van der Waals surface area contributed by atoms with E-state index in [4.69, 9.17) is 5.11 Å². The lowest BCUT2D eigenvalue weighted by atomic mass is 10.3. The van der Waals surface area contributed by atoms with Crippen molar-refractivity contribution in [1.82, 2.24) is 10.3 Å². The molecule has 15 heavy (non-hydrogen) atoms. The maximum Gasteiger partial charge on any atom is 0.108 e. The van der Waals surface area contributed by atoms with Crippen molar-refractivity contribution in [2.24, 2.45) is 0 Å². The minimum absolute atomic E-state index is 0.243. The lowest BCUT2D eigenvalue weighted by Gasteiger charge is -1.98. The van der Waals surface area contributed by atoms with E-state index < -0.39 is 0 Å². The summed E-state index contributed by atoms with van der Waals surface area (Å²) in [4.78, 5) is 4.50. The molecule has 0 atom stereocenters. The Morgan fingerprint density at radius 1 is 1.33 bits per heavy atom. The molecule has 4 heteroatoms. The van der Waals surface area contributed by atoms with Crippen molar-refractivity contribution in [3.8, 4) is 0 Å². The predicted octanol–water partition coefficient (Wildman–Crippen LogP) is 1.77. The van der Waals surface area contributed by atoms with Gasteiger partial charge >= 0.3 is 0 Å². The molecule has 2 aromatic rings. The third-order valence-corrected chi connectivity index (χ3v) is 3.16. The first kappa shape index (κ1) is 10.5. The summed E-state index contributed by atoms with van der Waals surface area (Å²) in [5.41, 5.74) is 1.07. The van der Waals surface area contributed by atoms with E-state index in [1.54, 1.807) is 11.3 Å². The van der Waals surface area contributed by atoms with Gasteiger partial charge in [0.15, 0.2) is 0 Å². The summed E-state index contributed by atoms with van der Waals surface area (Å²) in [5, 5.41) is 13.0. The van der Waals surface area contributed by atoms with Gasteiger partial charge in [-0.15, -0.1) is 11.3 Å². The number of hydrogen-bond acceptors (Lipinski definition) is 4. The minimum atomic E-state index is 0.243. The second-order valence-electron chi connectivity index (χ2n) is 3.33. The predicted molar refractivity (Wildman–Crippen MR) is 63.0 cm³/mol. The molecule has 0 amide bonds. The van der Waals surface area contributed by atoms with E-state index in [1.807, 2.05) is 18.2 Å². The molecule has 0 spiro atoms. The first-order valence-electron chi connectivity index (χ1n) is 5.06. The van der Waals surface area contributed by atoms with Crippen LogP contribution < -0.4 is 5.32 Å². The molecule has 1 aromatic heterocycles. The van der Waals surface area contributed by atoms with Crippen LogP contribution in [-0.4, -0.2) is 23.2 Å². The molecule has 0 bridgehead atoms. The summed E-state index contributed by atoms with van der Waals surface area (Å²) >= 11 is 1.72. The van der Waals surface area contributed by atoms with E-state index >= 15 is 0 Å². The van der Waals surface area contributed by atoms with Crippen molar-refractivity contribution in [2.45, 2.75) is 13.0 Å². The topological polar surface area (TPSA) is 45.1 Å². The number of benzene rings is 1. The van der Waals surface area contributed by atoms with Crippen LogP contribution in [-0.2, 0) is 6.54 Å². The number of hydrogen-bond donors (Lipinski definition) is 2. The van der Waals surface area contributed by atoms with Crippen LogP contribution in [0, 0.1) is 0 Å². The zero-order chi connectivity index (χ0) is 10.5. The van der Waals surface area contributed by atoms with Gasteiger partial charge in [-0.3, -0.25) is 0 Å². The molecule has 1 aromatic carbocycles. The number of rotatable bonds is 5. The average Bonchev–Trinajstić information content (AvgIpc) is 2.67. The minimum Gasteiger partial charge on any atom is -0.396 e. The molecule has 0 fully saturated rings. The number of nitrogens with zero attached hydrogens (tertiary/aromatic N) is 1. The molecule has 0 aliphatic rings. The Balaban J connectivity index is 1.97. The van der Waals surface area contributed by atoms with E-state index in [0.717, 1.165) is 30.0 Å². The Hall–Kier alpha value is -0.970. The highest BCUT2D eigenvalue weighted by Crippen LogP contribution is 2.20. The van der Waals surface area contributed by atoms with Crippen LogP contribution in [0.1, 0.15) is 11.4 Å². The first-order chi connectivity index (χ1) is 7.40. The maximum atomic E-state index is 8.62. The SMILES string of the molecule is OCCCNCc1nc2ccccc2s1. The molecule has 0 saturated heterocycles. The monoisotopic (exact) mass is 222 g/mol. The Morgan fingerprint density at radius 2 is 2.20 bits per heavy atom. The fourth-order valence-electron chi connectivity index (χ4n) is 1.39. The van der Waals surface area contributed by atoms with E-state index in [1.165, 1.54) is 4.70 Å². The Bertz CT molecular complexity index is 394. The molecule has 80 valence electrons. The number of aliphatic hydroxyl groups excluding tert-OH is 1. The second-order valence-corrected chi connectivity index (χ2v) is 4.44. The Labute approximate surface area is 92.8 Å². The lowest BCUT2D eigenvalue weighted by Crippen LogP contribution is -2.15. The van der Waals surface area contributed by atoms with E-state index in [0.29, 0.717) is 0 Å². The van der Waals surface area contributed by atoms with Crippen molar-refractivity contribution in [2.75, 3.05) is 13.2 Å². The molecule has 3 nitrogen and oxygen atoms in total. The van der Waals surface area contributed by atoms with E-state index in [2.05, 4.69) is 16.4 Å². The van der Waals surface area contributed by atoms with Crippen LogP contribution in [0.4, 0.5) is 0 Å². The summed E-state index contributed by atoms with van der Waals surface area (Å²) in [6.07, 6.45) is 0.797. The van der Waals surface area contributed by atoms with Gasteiger partial charge in [0.25, 0.3) is 0 Å². The van der Waals surface area contributed by atoms with E-state index in [-0.39, 0.29) is 6.61 Å². The lowest BCUT2D eigenvalue weighted by molar-refractivity contribution is 0.286. The third-order valence-electron chi connectivity index (χ3n) is 2.13. The van der Waals surface area contributed by atoms with Gasteiger partial charge in [-0.2, -0.15) is 0 Å². The largest absolute Gasteiger partial charge is 0.396 e. The van der Waals surface area contributed by atoms with Gasteiger partial charge in [0.05, 0.1) is 10.2 Å². The highest BCUT2D eigenvalue weighted by molar-refractivity contribution is 7.18. The van der Waals surface area contributed by atoms with Crippen molar-refractivity contribution < 1.29 is 5.11 Å². The highest BCUT2D eigenvalue weighted by atomic mass is 32.1. The molecule has 2 N–H and O–H groups in total. The average molecular weight is 222 g/mol. The third kappa shape index (κ3) is 2.75. The summed E-state index contributed by atoms with van der Waals surface area (Å²) < 4.78 is 1.23. The maximum absolute atomic E-state index is 8.62. The van der Waals surface area contributed by atoms with Crippen molar-refractivity contribution in [3.05, 3.63) is 29.3 Å². The summed E-state index contributed by atoms with van der Waals surface area (Å²) in [5.74, 6) is 0. The van der Waals surface area contributed by atoms with Crippen LogP contribution >= 0.6 is 11.3 Å². The number of aromatic nitrogens is 1. The molecular formula is C11H14N2OS. The highest BCUT2D eigenvalue weighted by Gasteiger charge is 2.01. The number of para-hydroxylation sites is 1. The molecule has 0 unspecified atom stereocenters. The standard InChI is InChI=1S/C11H14N2OS/c14-7-3-6-12-8-11-13-9-4-1-2-5-10(9)15-11/h1-2,4-5,12,14H,3,6-8H2. The number of nitrogens with one attached hydrogen (secondary N) is 1. The van der Waals surface area contributed by atoms with Gasteiger partial charge in [-0.05, 0) is 25.1 Å². The van der Waals surface area contributed by atoms with Gasteiger partial charge in [0.1, 0.15) is 5.01 Å². The zero-order valence-electron chi connectivity index (χ0n) is 8.44. The molecule has 0 aliphatic carbocycles. The number of fused-ring (bicyclic) bond motifs is 1. The number of thiazole rings is 1. The Kier molecular flexibility index (Phi) is 3.66. The first-order valence-corrected chi connectivity index (χ1v) is 5.88. The fraction of sp³-hybridized carbons (Fsp3) is 0.364. The van der Waals surface area contributed by atoms with Gasteiger partial charge in [-0.1, -0.05) is 12.1 Å². The summed E-state index contributed by atoms with van der Waals surface area (Å²) in [6, 6.07) is 8.15. The van der Waals surface area contributed by atoms with E-state index in [9.17, 15) is 0 Å².